The number of methoxy groups -OCH3 is 1. The average molecular weight is 200 g/mol. The standard InChI is InChI=1S/C11H24N2O/c1-13(6-7-14-2)9-10-4-3-5-11(12)8-10/h10-11H,3-9,12H2,1-2H3. The Hall–Kier alpha value is -0.120. The molecule has 0 aromatic carbocycles. The molecule has 1 aliphatic rings. The maximum Gasteiger partial charge on any atom is 0.0589 e. The molecule has 84 valence electrons. The second-order valence-electron chi connectivity index (χ2n) is 4.55. The molecular weight excluding hydrogens is 176 g/mol. The van der Waals surface area contributed by atoms with E-state index in [2.05, 4.69) is 11.9 Å². The predicted molar refractivity (Wildman–Crippen MR) is 59.3 cm³/mol. The first-order chi connectivity index (χ1) is 6.72. The van der Waals surface area contributed by atoms with Crippen molar-refractivity contribution in [2.24, 2.45) is 11.7 Å². The summed E-state index contributed by atoms with van der Waals surface area (Å²) in [5.41, 5.74) is 5.96. The summed E-state index contributed by atoms with van der Waals surface area (Å²) in [5, 5.41) is 0. The van der Waals surface area contributed by atoms with Crippen LogP contribution in [0, 0.1) is 5.92 Å². The summed E-state index contributed by atoms with van der Waals surface area (Å²) in [7, 11) is 3.92. The average Bonchev–Trinajstić information content (AvgIpc) is 2.15. The molecule has 0 spiro atoms. The highest BCUT2D eigenvalue weighted by Gasteiger charge is 2.19. The van der Waals surface area contributed by atoms with Gasteiger partial charge in [-0.3, -0.25) is 0 Å². The molecule has 14 heavy (non-hydrogen) atoms. The Morgan fingerprint density at radius 2 is 2.21 bits per heavy atom. The Morgan fingerprint density at radius 1 is 1.43 bits per heavy atom. The molecule has 0 saturated heterocycles. The highest BCUT2D eigenvalue weighted by molar-refractivity contribution is 4.76. The molecule has 3 heteroatoms. The van der Waals surface area contributed by atoms with Crippen LogP contribution in [0.2, 0.25) is 0 Å². The first kappa shape index (κ1) is 12.0. The highest BCUT2D eigenvalue weighted by Crippen LogP contribution is 2.23. The minimum Gasteiger partial charge on any atom is -0.383 e. The van der Waals surface area contributed by atoms with Crippen LogP contribution >= 0.6 is 0 Å². The van der Waals surface area contributed by atoms with Gasteiger partial charge in [-0.1, -0.05) is 6.42 Å². The fraction of sp³-hybridized carbons (Fsp3) is 1.00. The molecular formula is C11H24N2O. The minimum absolute atomic E-state index is 0.449. The zero-order valence-electron chi connectivity index (χ0n) is 9.54. The van der Waals surface area contributed by atoms with Gasteiger partial charge in [-0.25, -0.2) is 0 Å². The number of likely N-dealkylation sites (N-methyl/N-ethyl adjacent to an activating group) is 1. The normalized spacial score (nSPS) is 28.3. The van der Waals surface area contributed by atoms with Gasteiger partial charge in [-0.2, -0.15) is 0 Å². The quantitative estimate of drug-likeness (QED) is 0.722. The van der Waals surface area contributed by atoms with Crippen LogP contribution in [0.1, 0.15) is 25.7 Å². The molecule has 0 aliphatic heterocycles. The summed E-state index contributed by atoms with van der Waals surface area (Å²) in [5.74, 6) is 0.806. The molecule has 1 saturated carbocycles. The smallest absolute Gasteiger partial charge is 0.0589 e. The van der Waals surface area contributed by atoms with Crippen molar-refractivity contribution in [3.63, 3.8) is 0 Å². The van der Waals surface area contributed by atoms with E-state index >= 15 is 0 Å². The van der Waals surface area contributed by atoms with E-state index in [1.807, 2.05) is 0 Å². The van der Waals surface area contributed by atoms with Gasteiger partial charge in [-0.05, 0) is 32.2 Å². The zero-order chi connectivity index (χ0) is 10.4. The van der Waals surface area contributed by atoms with Crippen molar-refractivity contribution in [1.29, 1.82) is 0 Å². The number of ether oxygens (including phenoxy) is 1. The van der Waals surface area contributed by atoms with Crippen LogP contribution in [-0.4, -0.2) is 44.8 Å². The van der Waals surface area contributed by atoms with Gasteiger partial charge in [0.25, 0.3) is 0 Å². The van der Waals surface area contributed by atoms with Gasteiger partial charge in [0.2, 0.25) is 0 Å². The molecule has 0 aromatic heterocycles. The minimum atomic E-state index is 0.449. The second-order valence-corrected chi connectivity index (χ2v) is 4.55. The second kappa shape index (κ2) is 6.38. The van der Waals surface area contributed by atoms with Gasteiger partial charge >= 0.3 is 0 Å². The molecule has 0 radical (unpaired) electrons. The third kappa shape index (κ3) is 4.40. The number of rotatable bonds is 5. The maximum absolute atomic E-state index is 5.96. The Kier molecular flexibility index (Phi) is 5.45. The summed E-state index contributed by atoms with van der Waals surface area (Å²) < 4.78 is 5.06. The lowest BCUT2D eigenvalue weighted by atomic mass is 9.86. The fourth-order valence-corrected chi connectivity index (χ4v) is 2.28. The number of nitrogens with zero attached hydrogens (tertiary/aromatic N) is 1. The Labute approximate surface area is 87.6 Å². The molecule has 3 nitrogen and oxygen atoms in total. The van der Waals surface area contributed by atoms with Crippen molar-refractivity contribution in [1.82, 2.24) is 4.90 Å². The molecule has 2 unspecified atom stereocenters. The summed E-state index contributed by atoms with van der Waals surface area (Å²) in [6, 6.07) is 0.449. The maximum atomic E-state index is 5.96. The molecule has 1 fully saturated rings. The van der Waals surface area contributed by atoms with Gasteiger partial charge in [0.15, 0.2) is 0 Å². The van der Waals surface area contributed by atoms with E-state index < -0.39 is 0 Å². The van der Waals surface area contributed by atoms with E-state index in [0.29, 0.717) is 6.04 Å². The first-order valence-corrected chi connectivity index (χ1v) is 5.65. The van der Waals surface area contributed by atoms with Crippen LogP contribution in [0.3, 0.4) is 0 Å². The Bertz CT molecular complexity index is 152. The number of hydrogen-bond acceptors (Lipinski definition) is 3. The summed E-state index contributed by atoms with van der Waals surface area (Å²) >= 11 is 0. The molecule has 0 heterocycles. The van der Waals surface area contributed by atoms with Crippen molar-refractivity contribution in [2.45, 2.75) is 31.7 Å². The van der Waals surface area contributed by atoms with E-state index in [9.17, 15) is 0 Å². The Balaban J connectivity index is 2.15. The Morgan fingerprint density at radius 3 is 2.86 bits per heavy atom. The van der Waals surface area contributed by atoms with Crippen LogP contribution in [0.5, 0.6) is 0 Å². The van der Waals surface area contributed by atoms with Crippen molar-refractivity contribution in [3.05, 3.63) is 0 Å². The van der Waals surface area contributed by atoms with Gasteiger partial charge in [0.1, 0.15) is 0 Å². The van der Waals surface area contributed by atoms with Crippen LogP contribution in [0.4, 0.5) is 0 Å². The van der Waals surface area contributed by atoms with Crippen molar-refractivity contribution >= 4 is 0 Å². The van der Waals surface area contributed by atoms with E-state index in [1.165, 1.54) is 32.2 Å². The molecule has 2 N–H and O–H groups in total. The van der Waals surface area contributed by atoms with Gasteiger partial charge in [-0.15, -0.1) is 0 Å². The topological polar surface area (TPSA) is 38.5 Å². The van der Waals surface area contributed by atoms with Gasteiger partial charge in [0.05, 0.1) is 6.61 Å². The van der Waals surface area contributed by atoms with Crippen LogP contribution in [-0.2, 0) is 4.74 Å². The van der Waals surface area contributed by atoms with Crippen LogP contribution < -0.4 is 5.73 Å². The predicted octanol–water partition coefficient (Wildman–Crippen LogP) is 1.08. The van der Waals surface area contributed by atoms with Crippen molar-refractivity contribution < 1.29 is 4.74 Å². The first-order valence-electron chi connectivity index (χ1n) is 5.65. The van der Waals surface area contributed by atoms with Crippen LogP contribution in [0.15, 0.2) is 0 Å². The fourth-order valence-electron chi connectivity index (χ4n) is 2.28. The third-order valence-electron chi connectivity index (χ3n) is 3.07. The largest absolute Gasteiger partial charge is 0.383 e. The molecule has 0 bridgehead atoms. The summed E-state index contributed by atoms with van der Waals surface area (Å²) in [4.78, 5) is 2.35. The lowest BCUT2D eigenvalue weighted by molar-refractivity contribution is 0.143. The third-order valence-corrected chi connectivity index (χ3v) is 3.07. The van der Waals surface area contributed by atoms with Gasteiger partial charge < -0.3 is 15.4 Å². The summed E-state index contributed by atoms with van der Waals surface area (Å²) in [6.07, 6.45) is 5.09. The lowest BCUT2D eigenvalue weighted by Crippen LogP contribution is -2.35. The number of hydrogen-bond donors (Lipinski definition) is 1. The number of nitrogens with two attached hydrogens (primary N) is 1. The molecule has 2 atom stereocenters. The molecule has 0 amide bonds. The van der Waals surface area contributed by atoms with Crippen molar-refractivity contribution in [2.75, 3.05) is 33.9 Å². The molecule has 1 aliphatic carbocycles. The highest BCUT2D eigenvalue weighted by atomic mass is 16.5. The lowest BCUT2D eigenvalue weighted by Gasteiger charge is -2.30. The van der Waals surface area contributed by atoms with E-state index in [0.717, 1.165) is 19.1 Å². The van der Waals surface area contributed by atoms with Gasteiger partial charge in [0, 0.05) is 26.2 Å². The summed E-state index contributed by atoms with van der Waals surface area (Å²) in [6.45, 7) is 3.04. The van der Waals surface area contributed by atoms with E-state index in [4.69, 9.17) is 10.5 Å². The monoisotopic (exact) mass is 200 g/mol. The van der Waals surface area contributed by atoms with E-state index in [1.54, 1.807) is 7.11 Å². The molecule has 1 rings (SSSR count). The van der Waals surface area contributed by atoms with Crippen molar-refractivity contribution in [3.8, 4) is 0 Å². The molecule has 0 aromatic rings. The zero-order valence-corrected chi connectivity index (χ0v) is 9.54. The van der Waals surface area contributed by atoms with E-state index in [-0.39, 0.29) is 0 Å². The SMILES string of the molecule is COCCN(C)CC1CCCC(N)C1. The van der Waals surface area contributed by atoms with Crippen LogP contribution in [0.25, 0.3) is 0 Å².